The van der Waals surface area contributed by atoms with E-state index in [0.29, 0.717) is 0 Å². The molecule has 0 fully saturated rings. The second kappa shape index (κ2) is 11.8. The number of nitrogens with zero attached hydrogens (tertiary/aromatic N) is 1. The van der Waals surface area contributed by atoms with Crippen LogP contribution in [0.2, 0.25) is 0 Å². The monoisotopic (exact) mass is 773 g/mol. The fourth-order valence-electron chi connectivity index (χ4n) is 12.3. The van der Waals surface area contributed by atoms with Crippen LogP contribution in [0.5, 0.6) is 0 Å². The van der Waals surface area contributed by atoms with Crippen molar-refractivity contribution in [2.24, 2.45) is 0 Å². The Labute approximate surface area is 355 Å². The highest BCUT2D eigenvalue weighted by molar-refractivity contribution is 5.95. The molecule has 0 saturated heterocycles. The molecule has 1 heterocycles. The summed E-state index contributed by atoms with van der Waals surface area (Å²) < 4.78 is 0. The molecular formula is C59H51N. The van der Waals surface area contributed by atoms with Crippen molar-refractivity contribution in [2.45, 2.75) is 83.0 Å². The Morgan fingerprint density at radius 3 is 1.55 bits per heavy atom. The molecule has 1 aliphatic heterocycles. The van der Waals surface area contributed by atoms with Crippen LogP contribution in [0.1, 0.15) is 123 Å². The highest BCUT2D eigenvalue weighted by Crippen LogP contribution is 2.59. The van der Waals surface area contributed by atoms with Crippen molar-refractivity contribution < 1.29 is 0 Å². The second-order valence-electron chi connectivity index (χ2n) is 20.2. The largest absolute Gasteiger partial charge is 0.310 e. The summed E-state index contributed by atoms with van der Waals surface area (Å²) in [6.07, 6.45) is 0. The van der Waals surface area contributed by atoms with Gasteiger partial charge in [-0.25, -0.2) is 0 Å². The van der Waals surface area contributed by atoms with Crippen LogP contribution in [0.3, 0.4) is 0 Å². The van der Waals surface area contributed by atoms with Crippen LogP contribution in [0.15, 0.2) is 158 Å². The van der Waals surface area contributed by atoms with E-state index < -0.39 is 0 Å². The lowest BCUT2D eigenvalue weighted by atomic mass is 9.62. The third-order valence-electron chi connectivity index (χ3n) is 15.6. The number of anilines is 3. The van der Waals surface area contributed by atoms with Crippen molar-refractivity contribution in [3.05, 3.63) is 219 Å². The molecule has 0 N–H and O–H groups in total. The highest BCUT2D eigenvalue weighted by Gasteiger charge is 2.44. The van der Waals surface area contributed by atoms with Gasteiger partial charge in [-0.05, 0) is 131 Å². The first kappa shape index (κ1) is 35.7. The molecule has 1 unspecified atom stereocenters. The maximum atomic E-state index is 2.59. The molecule has 0 saturated carbocycles. The zero-order chi connectivity index (χ0) is 41.1. The first-order valence-corrected chi connectivity index (χ1v) is 21.9. The van der Waals surface area contributed by atoms with Gasteiger partial charge >= 0.3 is 0 Å². The SMILES string of the molecule is CC1(C)c2ccccc2-c2cc3c(cc21)C(c1ccc2cc(N4c5ccccc5C(C)(C)c5cc6c(cc54)C(C)(C)c4ccccc4-6)ccc2c1)c1ccccc1C3(C)C. The van der Waals surface area contributed by atoms with Crippen molar-refractivity contribution >= 4 is 27.8 Å². The van der Waals surface area contributed by atoms with E-state index in [1.165, 1.54) is 111 Å². The van der Waals surface area contributed by atoms with Crippen LogP contribution < -0.4 is 4.90 Å². The highest BCUT2D eigenvalue weighted by atomic mass is 15.2. The lowest BCUT2D eigenvalue weighted by Crippen LogP contribution is -2.31. The summed E-state index contributed by atoms with van der Waals surface area (Å²) in [6.45, 7) is 19.2. The summed E-state index contributed by atoms with van der Waals surface area (Å²) in [4.78, 5) is 2.54. The topological polar surface area (TPSA) is 3.24 Å². The number of hydrogen-bond donors (Lipinski definition) is 0. The number of fused-ring (bicyclic) bond motifs is 11. The first-order valence-electron chi connectivity index (χ1n) is 21.9. The van der Waals surface area contributed by atoms with Crippen molar-refractivity contribution in [2.75, 3.05) is 4.90 Å². The van der Waals surface area contributed by atoms with E-state index in [4.69, 9.17) is 0 Å². The molecule has 1 heteroatoms. The molecule has 1 nitrogen and oxygen atoms in total. The Morgan fingerprint density at radius 2 is 0.850 bits per heavy atom. The lowest BCUT2D eigenvalue weighted by molar-refractivity contribution is 0.594. The van der Waals surface area contributed by atoms with Gasteiger partial charge in [0.2, 0.25) is 0 Å². The summed E-state index contributed by atoms with van der Waals surface area (Å²) in [7, 11) is 0. The molecular weight excluding hydrogens is 723 g/mol. The van der Waals surface area contributed by atoms with Gasteiger partial charge in [0.05, 0.1) is 11.4 Å². The van der Waals surface area contributed by atoms with Crippen molar-refractivity contribution in [1.29, 1.82) is 0 Å². The average molecular weight is 774 g/mol. The van der Waals surface area contributed by atoms with Gasteiger partial charge in [-0.2, -0.15) is 0 Å². The quantitative estimate of drug-likeness (QED) is 0.169. The Hall–Kier alpha value is -6.18. The molecule has 1 atom stereocenters. The summed E-state index contributed by atoms with van der Waals surface area (Å²) in [6, 6.07) is 60.9. The van der Waals surface area contributed by atoms with Gasteiger partial charge in [0.25, 0.3) is 0 Å². The zero-order valence-corrected chi connectivity index (χ0v) is 36.0. The minimum Gasteiger partial charge on any atom is -0.310 e. The average Bonchev–Trinajstić information content (AvgIpc) is 3.61. The van der Waals surface area contributed by atoms with Gasteiger partial charge in [-0.3, -0.25) is 0 Å². The van der Waals surface area contributed by atoms with Gasteiger partial charge in [-0.15, -0.1) is 0 Å². The molecule has 8 aromatic carbocycles. The molecule has 0 amide bonds. The number of hydrogen-bond acceptors (Lipinski definition) is 1. The smallest absolute Gasteiger partial charge is 0.0506 e. The lowest BCUT2D eigenvalue weighted by Gasteiger charge is -2.43. The molecule has 60 heavy (non-hydrogen) atoms. The van der Waals surface area contributed by atoms with Crippen LogP contribution in [0.25, 0.3) is 33.0 Å². The molecule has 0 radical (unpaired) electrons. The first-order chi connectivity index (χ1) is 28.8. The van der Waals surface area contributed by atoms with Crippen LogP contribution in [-0.2, 0) is 21.7 Å². The van der Waals surface area contributed by atoms with Crippen LogP contribution in [-0.4, -0.2) is 0 Å². The van der Waals surface area contributed by atoms with Crippen LogP contribution >= 0.6 is 0 Å². The van der Waals surface area contributed by atoms with E-state index in [1.54, 1.807) is 0 Å². The standard InChI is InChI=1S/C59H51N/c1-56(2)45-20-12-9-17-39(45)42-31-50-44(33-49(42)56)55(41-19-11-14-22-47(41)58(50,5)6)37-26-25-36-30-38(28-27-35(36)29-37)60-53-24-16-15-23-48(53)59(7,8)52-32-43-40-18-10-13-21-46(40)57(3,4)51(43)34-54(52)60/h9-34,55H,1-8H3. The minimum atomic E-state index is -0.163. The normalized spacial score (nSPS) is 18.7. The molecule has 4 aliphatic rings. The Kier molecular flexibility index (Phi) is 7.00. The van der Waals surface area contributed by atoms with Gasteiger partial charge in [-0.1, -0.05) is 177 Å². The van der Waals surface area contributed by atoms with Gasteiger partial charge in [0.15, 0.2) is 0 Å². The maximum absolute atomic E-state index is 2.59. The van der Waals surface area contributed by atoms with E-state index in [-0.39, 0.29) is 27.6 Å². The predicted molar refractivity (Wildman–Crippen MR) is 252 cm³/mol. The van der Waals surface area contributed by atoms with Crippen LogP contribution in [0.4, 0.5) is 17.1 Å². The predicted octanol–water partition coefficient (Wildman–Crippen LogP) is 15.4. The summed E-state index contributed by atoms with van der Waals surface area (Å²) in [5.41, 5.74) is 24.3. The molecule has 3 aliphatic carbocycles. The van der Waals surface area contributed by atoms with Gasteiger partial charge in [0.1, 0.15) is 0 Å². The fourth-order valence-corrected chi connectivity index (χ4v) is 12.3. The third-order valence-corrected chi connectivity index (χ3v) is 15.6. The molecule has 12 rings (SSSR count). The fraction of sp³-hybridized carbons (Fsp3) is 0.220. The van der Waals surface area contributed by atoms with Crippen molar-refractivity contribution in [3.63, 3.8) is 0 Å². The summed E-state index contributed by atoms with van der Waals surface area (Å²) in [5, 5.41) is 2.52. The minimum absolute atomic E-state index is 0.0624. The summed E-state index contributed by atoms with van der Waals surface area (Å²) in [5.74, 6) is 0.135. The van der Waals surface area contributed by atoms with E-state index in [0.717, 1.165) is 0 Å². The van der Waals surface area contributed by atoms with E-state index in [9.17, 15) is 0 Å². The molecule has 8 aromatic rings. The second-order valence-corrected chi connectivity index (χ2v) is 20.2. The van der Waals surface area contributed by atoms with Gasteiger partial charge in [0, 0.05) is 33.3 Å². The van der Waals surface area contributed by atoms with E-state index in [2.05, 4.69) is 218 Å². The Bertz CT molecular complexity index is 2950. The zero-order valence-electron chi connectivity index (χ0n) is 36.0. The molecule has 0 spiro atoms. The van der Waals surface area contributed by atoms with E-state index >= 15 is 0 Å². The van der Waals surface area contributed by atoms with Crippen molar-refractivity contribution in [1.82, 2.24) is 0 Å². The number of rotatable bonds is 2. The van der Waals surface area contributed by atoms with Gasteiger partial charge < -0.3 is 4.90 Å². The van der Waals surface area contributed by atoms with Crippen LogP contribution in [0, 0.1) is 0 Å². The van der Waals surface area contributed by atoms with E-state index in [1.807, 2.05) is 0 Å². The molecule has 0 bridgehead atoms. The number of benzene rings is 8. The Morgan fingerprint density at radius 1 is 0.333 bits per heavy atom. The summed E-state index contributed by atoms with van der Waals surface area (Å²) >= 11 is 0. The Balaban J connectivity index is 1.02. The molecule has 0 aromatic heterocycles. The maximum Gasteiger partial charge on any atom is 0.0506 e. The third kappa shape index (κ3) is 4.53. The van der Waals surface area contributed by atoms with Crippen molar-refractivity contribution in [3.8, 4) is 22.3 Å². The number of para-hydroxylation sites is 1. The molecule has 292 valence electrons.